The Morgan fingerprint density at radius 1 is 1.33 bits per heavy atom. The number of rotatable bonds is 4. The van der Waals surface area contributed by atoms with Crippen molar-refractivity contribution in [3.8, 4) is 5.75 Å². The van der Waals surface area contributed by atoms with Crippen molar-refractivity contribution < 1.29 is 14.3 Å². The van der Waals surface area contributed by atoms with Crippen LogP contribution in [0.3, 0.4) is 0 Å². The summed E-state index contributed by atoms with van der Waals surface area (Å²) in [5.74, 6) is 0.598. The zero-order valence-electron chi connectivity index (χ0n) is 12.8. The molecule has 1 unspecified atom stereocenters. The van der Waals surface area contributed by atoms with Crippen molar-refractivity contribution in [2.24, 2.45) is 0 Å². The van der Waals surface area contributed by atoms with Gasteiger partial charge in [0, 0.05) is 15.6 Å². The first kappa shape index (κ1) is 16.7. The summed E-state index contributed by atoms with van der Waals surface area (Å²) in [6.07, 6.45) is -0.691. The van der Waals surface area contributed by atoms with E-state index in [0.29, 0.717) is 27.9 Å². The van der Waals surface area contributed by atoms with Crippen molar-refractivity contribution in [3.05, 3.63) is 47.5 Å². The number of anilines is 2. The zero-order chi connectivity index (χ0) is 17.1. The summed E-state index contributed by atoms with van der Waals surface area (Å²) in [6.45, 7) is 1.66. The van der Waals surface area contributed by atoms with Crippen LogP contribution in [-0.4, -0.2) is 23.7 Å². The fraction of sp³-hybridized carbons (Fsp3) is 0.176. The highest BCUT2D eigenvalue weighted by molar-refractivity contribution is 8.00. The first-order chi connectivity index (χ1) is 11.5. The first-order valence-electron chi connectivity index (χ1n) is 7.31. The maximum Gasteiger partial charge on any atom is 0.265 e. The molecule has 1 aliphatic heterocycles. The number of hydrogen-bond acceptors (Lipinski definition) is 4. The molecule has 7 heteroatoms. The lowest BCUT2D eigenvalue weighted by atomic mass is 10.2. The highest BCUT2D eigenvalue weighted by Gasteiger charge is 2.18. The predicted molar refractivity (Wildman–Crippen MR) is 96.0 cm³/mol. The van der Waals surface area contributed by atoms with Crippen LogP contribution in [0.5, 0.6) is 5.75 Å². The second kappa shape index (κ2) is 7.15. The van der Waals surface area contributed by atoms with E-state index < -0.39 is 6.10 Å². The van der Waals surface area contributed by atoms with E-state index in [1.54, 1.807) is 43.3 Å². The van der Waals surface area contributed by atoms with Crippen molar-refractivity contribution in [1.29, 1.82) is 0 Å². The van der Waals surface area contributed by atoms with Gasteiger partial charge in [-0.1, -0.05) is 17.7 Å². The lowest BCUT2D eigenvalue weighted by Gasteiger charge is -2.18. The number of benzene rings is 2. The fourth-order valence-electron chi connectivity index (χ4n) is 2.20. The highest BCUT2D eigenvalue weighted by atomic mass is 35.5. The lowest BCUT2D eigenvalue weighted by Crippen LogP contribution is -2.30. The summed E-state index contributed by atoms with van der Waals surface area (Å²) in [4.78, 5) is 24.7. The predicted octanol–water partition coefficient (Wildman–Crippen LogP) is 3.79. The normalized spacial score (nSPS) is 14.3. The van der Waals surface area contributed by atoms with Gasteiger partial charge in [0.05, 0.1) is 11.4 Å². The quantitative estimate of drug-likeness (QED) is 0.868. The van der Waals surface area contributed by atoms with Gasteiger partial charge in [-0.3, -0.25) is 9.59 Å². The molecular weight excluding hydrogens is 348 g/mol. The molecule has 0 saturated heterocycles. The Bertz CT molecular complexity index is 797. The maximum absolute atomic E-state index is 12.3. The first-order valence-corrected chi connectivity index (χ1v) is 8.67. The van der Waals surface area contributed by atoms with E-state index in [1.165, 1.54) is 11.8 Å². The third kappa shape index (κ3) is 4.01. The average molecular weight is 363 g/mol. The second-order valence-corrected chi connectivity index (χ2v) is 6.71. The molecule has 124 valence electrons. The summed E-state index contributed by atoms with van der Waals surface area (Å²) in [7, 11) is 0. The van der Waals surface area contributed by atoms with Gasteiger partial charge in [0.15, 0.2) is 6.10 Å². The number of amides is 2. The van der Waals surface area contributed by atoms with Crippen LogP contribution in [0.2, 0.25) is 5.02 Å². The Kier molecular flexibility index (Phi) is 4.97. The summed E-state index contributed by atoms with van der Waals surface area (Å²) in [5.41, 5.74) is 1.31. The van der Waals surface area contributed by atoms with Crippen LogP contribution in [0.25, 0.3) is 0 Å². The van der Waals surface area contributed by atoms with Crippen LogP contribution in [-0.2, 0) is 9.59 Å². The minimum absolute atomic E-state index is 0.0476. The molecule has 2 N–H and O–H groups in total. The maximum atomic E-state index is 12.3. The standard InChI is InChI=1S/C17H15ClN2O3S/c1-10(23-13-4-2-3-11(18)7-13)17(22)19-12-5-6-15-14(8-12)20-16(21)9-24-15/h2-8,10H,9H2,1H3,(H,19,22)(H,20,21). The smallest absolute Gasteiger partial charge is 0.265 e. The number of fused-ring (bicyclic) bond motifs is 1. The largest absolute Gasteiger partial charge is 0.481 e. The minimum Gasteiger partial charge on any atom is -0.481 e. The molecule has 2 aromatic carbocycles. The lowest BCUT2D eigenvalue weighted by molar-refractivity contribution is -0.122. The van der Waals surface area contributed by atoms with Gasteiger partial charge in [-0.15, -0.1) is 11.8 Å². The fourth-order valence-corrected chi connectivity index (χ4v) is 3.17. The monoisotopic (exact) mass is 362 g/mol. The molecule has 0 bridgehead atoms. The molecule has 0 saturated carbocycles. The number of carbonyl (C=O) groups excluding carboxylic acids is 2. The molecule has 2 aromatic rings. The minimum atomic E-state index is -0.691. The van der Waals surface area contributed by atoms with Gasteiger partial charge in [-0.05, 0) is 43.3 Å². The molecule has 1 aliphatic rings. The second-order valence-electron chi connectivity index (χ2n) is 5.25. The Hall–Kier alpha value is -2.18. The molecule has 2 amide bonds. The van der Waals surface area contributed by atoms with Crippen molar-refractivity contribution in [1.82, 2.24) is 0 Å². The molecule has 0 radical (unpaired) electrons. The zero-order valence-corrected chi connectivity index (χ0v) is 14.4. The average Bonchev–Trinajstić information content (AvgIpc) is 2.54. The Labute approximate surface area is 148 Å². The third-order valence-electron chi connectivity index (χ3n) is 3.36. The van der Waals surface area contributed by atoms with E-state index in [4.69, 9.17) is 16.3 Å². The van der Waals surface area contributed by atoms with Crippen LogP contribution < -0.4 is 15.4 Å². The third-order valence-corrected chi connectivity index (χ3v) is 4.67. The van der Waals surface area contributed by atoms with Gasteiger partial charge in [0.1, 0.15) is 5.75 Å². The molecule has 3 rings (SSSR count). The van der Waals surface area contributed by atoms with Crippen molar-refractivity contribution in [2.75, 3.05) is 16.4 Å². The molecule has 0 aromatic heterocycles. The van der Waals surface area contributed by atoms with Crippen molar-refractivity contribution in [2.45, 2.75) is 17.9 Å². The Morgan fingerprint density at radius 3 is 2.96 bits per heavy atom. The molecule has 0 aliphatic carbocycles. The molecule has 5 nitrogen and oxygen atoms in total. The summed E-state index contributed by atoms with van der Waals surface area (Å²) in [5, 5.41) is 6.12. The van der Waals surface area contributed by atoms with E-state index in [1.807, 2.05) is 6.07 Å². The van der Waals surface area contributed by atoms with Gasteiger partial charge in [0.2, 0.25) is 5.91 Å². The van der Waals surface area contributed by atoms with Gasteiger partial charge < -0.3 is 15.4 Å². The molecule has 24 heavy (non-hydrogen) atoms. The SMILES string of the molecule is CC(Oc1cccc(Cl)c1)C(=O)Nc1ccc2c(c1)NC(=O)CS2. The number of ether oxygens (including phenoxy) is 1. The van der Waals surface area contributed by atoms with E-state index in [2.05, 4.69) is 10.6 Å². The van der Waals surface area contributed by atoms with E-state index in [9.17, 15) is 9.59 Å². The summed E-state index contributed by atoms with van der Waals surface area (Å²) < 4.78 is 5.59. The van der Waals surface area contributed by atoms with Crippen LogP contribution in [0.4, 0.5) is 11.4 Å². The van der Waals surface area contributed by atoms with Crippen LogP contribution in [0.1, 0.15) is 6.92 Å². The van der Waals surface area contributed by atoms with Gasteiger partial charge >= 0.3 is 0 Å². The molecule has 1 atom stereocenters. The highest BCUT2D eigenvalue weighted by Crippen LogP contribution is 2.33. The summed E-state index contributed by atoms with van der Waals surface area (Å²) >= 11 is 7.37. The molecular formula is C17H15ClN2O3S. The van der Waals surface area contributed by atoms with E-state index >= 15 is 0 Å². The van der Waals surface area contributed by atoms with Crippen LogP contribution >= 0.6 is 23.4 Å². The number of carbonyl (C=O) groups is 2. The van der Waals surface area contributed by atoms with Crippen LogP contribution in [0.15, 0.2) is 47.4 Å². The number of hydrogen-bond donors (Lipinski definition) is 2. The number of thioether (sulfide) groups is 1. The Morgan fingerprint density at radius 2 is 2.17 bits per heavy atom. The number of halogens is 1. The topological polar surface area (TPSA) is 67.4 Å². The van der Waals surface area contributed by atoms with E-state index in [0.717, 1.165) is 4.90 Å². The van der Waals surface area contributed by atoms with Crippen molar-refractivity contribution in [3.63, 3.8) is 0 Å². The molecule has 0 spiro atoms. The number of nitrogens with one attached hydrogen (secondary N) is 2. The summed E-state index contributed by atoms with van der Waals surface area (Å²) in [6, 6.07) is 12.3. The van der Waals surface area contributed by atoms with Gasteiger partial charge in [-0.2, -0.15) is 0 Å². The van der Waals surface area contributed by atoms with Crippen LogP contribution in [0, 0.1) is 0 Å². The molecule has 1 heterocycles. The van der Waals surface area contributed by atoms with Gasteiger partial charge in [-0.25, -0.2) is 0 Å². The van der Waals surface area contributed by atoms with Crippen molar-refractivity contribution >= 4 is 46.6 Å². The Balaban J connectivity index is 1.66. The molecule has 0 fully saturated rings. The van der Waals surface area contributed by atoms with Gasteiger partial charge in [0.25, 0.3) is 5.91 Å². The van der Waals surface area contributed by atoms with E-state index in [-0.39, 0.29) is 11.8 Å².